The maximum absolute atomic E-state index is 4.61. The lowest BCUT2D eigenvalue weighted by molar-refractivity contribution is 0.787. The summed E-state index contributed by atoms with van der Waals surface area (Å²) in [5.74, 6) is 0.846. The van der Waals surface area contributed by atoms with Crippen molar-refractivity contribution >= 4 is 11.3 Å². The number of nitrogens with zero attached hydrogens (tertiary/aromatic N) is 2. The van der Waals surface area contributed by atoms with Gasteiger partial charge in [-0.05, 0) is 38.8 Å². The summed E-state index contributed by atoms with van der Waals surface area (Å²) in [6.07, 6.45) is 0. The maximum atomic E-state index is 4.61. The molecule has 17 heavy (non-hydrogen) atoms. The highest BCUT2D eigenvalue weighted by Crippen LogP contribution is 2.25. The molecule has 2 aromatic heterocycles. The van der Waals surface area contributed by atoms with Gasteiger partial charge in [-0.1, -0.05) is 0 Å². The minimum Gasteiger partial charge on any atom is -0.316 e. The fraction of sp³-hybridized carbons (Fsp3) is 0.385. The van der Waals surface area contributed by atoms with Crippen molar-refractivity contribution in [1.82, 2.24) is 15.3 Å². The normalized spacial score (nSPS) is 10.8. The molecular weight excluding hydrogens is 230 g/mol. The Kier molecular flexibility index (Phi) is 3.54. The van der Waals surface area contributed by atoms with E-state index in [-0.39, 0.29) is 0 Å². The largest absolute Gasteiger partial charge is 0.316 e. The molecule has 0 fully saturated rings. The first-order chi connectivity index (χ1) is 8.13. The molecular formula is C13H17N3S. The van der Waals surface area contributed by atoms with Crippen molar-refractivity contribution in [1.29, 1.82) is 0 Å². The molecule has 2 aromatic rings. The van der Waals surface area contributed by atoms with Crippen molar-refractivity contribution in [2.75, 3.05) is 7.05 Å². The van der Waals surface area contributed by atoms with Gasteiger partial charge in [0.05, 0.1) is 0 Å². The number of aryl methyl sites for hydroxylation is 3. The summed E-state index contributed by atoms with van der Waals surface area (Å²) in [5, 5.41) is 7.40. The number of thiophene rings is 1. The van der Waals surface area contributed by atoms with Crippen LogP contribution >= 0.6 is 11.3 Å². The molecule has 90 valence electrons. The fourth-order valence-electron chi connectivity index (χ4n) is 1.88. The molecule has 0 saturated heterocycles. The number of hydrogen-bond donors (Lipinski definition) is 1. The molecule has 0 saturated carbocycles. The molecule has 1 N–H and O–H groups in total. The first kappa shape index (κ1) is 12.2. The predicted octanol–water partition coefficient (Wildman–Crippen LogP) is 2.85. The smallest absolute Gasteiger partial charge is 0.160 e. The van der Waals surface area contributed by atoms with E-state index in [0.29, 0.717) is 0 Å². The summed E-state index contributed by atoms with van der Waals surface area (Å²) in [6.45, 7) is 7.01. The lowest BCUT2D eigenvalue weighted by Gasteiger charge is -2.10. The van der Waals surface area contributed by atoms with Gasteiger partial charge in [-0.25, -0.2) is 9.97 Å². The van der Waals surface area contributed by atoms with Crippen molar-refractivity contribution in [2.45, 2.75) is 27.3 Å². The van der Waals surface area contributed by atoms with Crippen molar-refractivity contribution in [3.63, 3.8) is 0 Å². The molecule has 0 aliphatic carbocycles. The minimum atomic E-state index is 0.820. The Morgan fingerprint density at radius 2 is 1.76 bits per heavy atom. The van der Waals surface area contributed by atoms with Crippen LogP contribution in [0.2, 0.25) is 0 Å². The van der Waals surface area contributed by atoms with Gasteiger partial charge in [-0.2, -0.15) is 11.3 Å². The first-order valence-electron chi connectivity index (χ1n) is 5.65. The van der Waals surface area contributed by atoms with E-state index in [1.54, 1.807) is 11.3 Å². The van der Waals surface area contributed by atoms with Gasteiger partial charge in [-0.15, -0.1) is 0 Å². The van der Waals surface area contributed by atoms with Crippen LogP contribution in [0.4, 0.5) is 0 Å². The Balaban J connectivity index is 2.49. The molecule has 2 rings (SSSR count). The summed E-state index contributed by atoms with van der Waals surface area (Å²) in [5.41, 5.74) is 5.72. The first-order valence-corrected chi connectivity index (χ1v) is 6.59. The van der Waals surface area contributed by atoms with E-state index in [0.717, 1.165) is 29.3 Å². The second-order valence-electron chi connectivity index (χ2n) is 4.20. The zero-order valence-electron chi connectivity index (χ0n) is 10.7. The van der Waals surface area contributed by atoms with Gasteiger partial charge in [0.15, 0.2) is 5.82 Å². The van der Waals surface area contributed by atoms with Crippen LogP contribution < -0.4 is 5.32 Å². The monoisotopic (exact) mass is 247 g/mol. The van der Waals surface area contributed by atoms with Gasteiger partial charge in [0, 0.05) is 34.4 Å². The molecule has 0 bridgehead atoms. The van der Waals surface area contributed by atoms with Gasteiger partial charge in [0.2, 0.25) is 0 Å². The summed E-state index contributed by atoms with van der Waals surface area (Å²) in [6, 6.07) is 0. The third-order valence-electron chi connectivity index (χ3n) is 2.87. The van der Waals surface area contributed by atoms with Crippen LogP contribution in [0.15, 0.2) is 10.8 Å². The molecule has 0 amide bonds. The predicted molar refractivity (Wildman–Crippen MR) is 72.3 cm³/mol. The van der Waals surface area contributed by atoms with Gasteiger partial charge >= 0.3 is 0 Å². The number of aromatic nitrogens is 2. The van der Waals surface area contributed by atoms with Crippen molar-refractivity contribution < 1.29 is 0 Å². The topological polar surface area (TPSA) is 37.8 Å². The van der Waals surface area contributed by atoms with Crippen LogP contribution in [0.5, 0.6) is 0 Å². The molecule has 0 aliphatic rings. The van der Waals surface area contributed by atoms with Crippen LogP contribution in [0, 0.1) is 20.8 Å². The molecule has 0 aromatic carbocycles. The van der Waals surface area contributed by atoms with Gasteiger partial charge in [0.1, 0.15) is 0 Å². The second-order valence-corrected chi connectivity index (χ2v) is 4.94. The average Bonchev–Trinajstić information content (AvgIpc) is 2.69. The zero-order chi connectivity index (χ0) is 12.4. The van der Waals surface area contributed by atoms with E-state index in [1.165, 1.54) is 11.1 Å². The Hall–Kier alpha value is -1.26. The molecule has 3 nitrogen and oxygen atoms in total. The van der Waals surface area contributed by atoms with E-state index in [9.17, 15) is 0 Å². The molecule has 0 atom stereocenters. The van der Waals surface area contributed by atoms with E-state index >= 15 is 0 Å². The summed E-state index contributed by atoms with van der Waals surface area (Å²) in [4.78, 5) is 9.22. The summed E-state index contributed by atoms with van der Waals surface area (Å²) < 4.78 is 0. The summed E-state index contributed by atoms with van der Waals surface area (Å²) in [7, 11) is 1.94. The highest BCUT2D eigenvalue weighted by Gasteiger charge is 2.11. The number of nitrogens with one attached hydrogen (secondary N) is 1. The van der Waals surface area contributed by atoms with Crippen molar-refractivity contribution in [3.05, 3.63) is 33.3 Å². The van der Waals surface area contributed by atoms with Crippen LogP contribution in [-0.4, -0.2) is 17.0 Å². The Morgan fingerprint density at radius 1 is 1.12 bits per heavy atom. The molecule has 4 heteroatoms. The van der Waals surface area contributed by atoms with Crippen LogP contribution in [0.25, 0.3) is 11.4 Å². The SMILES string of the molecule is CNCc1c(C)nc(-c2cscc2C)nc1C. The van der Waals surface area contributed by atoms with Gasteiger partial charge < -0.3 is 5.32 Å². The van der Waals surface area contributed by atoms with Crippen molar-refractivity contribution in [2.24, 2.45) is 0 Å². The molecule has 0 radical (unpaired) electrons. The molecule has 2 heterocycles. The Labute approximate surface area is 106 Å². The van der Waals surface area contributed by atoms with Gasteiger partial charge in [-0.3, -0.25) is 0 Å². The van der Waals surface area contributed by atoms with E-state index in [1.807, 2.05) is 20.9 Å². The van der Waals surface area contributed by atoms with Crippen LogP contribution in [-0.2, 0) is 6.54 Å². The van der Waals surface area contributed by atoms with Gasteiger partial charge in [0.25, 0.3) is 0 Å². The van der Waals surface area contributed by atoms with Crippen molar-refractivity contribution in [3.8, 4) is 11.4 Å². The third kappa shape index (κ3) is 2.37. The minimum absolute atomic E-state index is 0.820. The zero-order valence-corrected chi connectivity index (χ0v) is 11.5. The molecule has 0 aliphatic heterocycles. The lowest BCUT2D eigenvalue weighted by Crippen LogP contribution is -2.11. The second kappa shape index (κ2) is 4.94. The van der Waals surface area contributed by atoms with E-state index in [4.69, 9.17) is 0 Å². The Bertz CT molecular complexity index is 508. The fourth-order valence-corrected chi connectivity index (χ4v) is 2.71. The van der Waals surface area contributed by atoms with Crippen LogP contribution in [0.1, 0.15) is 22.5 Å². The lowest BCUT2D eigenvalue weighted by atomic mass is 10.1. The highest BCUT2D eigenvalue weighted by molar-refractivity contribution is 7.08. The molecule has 0 spiro atoms. The quantitative estimate of drug-likeness (QED) is 0.906. The maximum Gasteiger partial charge on any atom is 0.160 e. The average molecular weight is 247 g/mol. The van der Waals surface area contributed by atoms with Crippen LogP contribution in [0.3, 0.4) is 0 Å². The summed E-state index contributed by atoms with van der Waals surface area (Å²) >= 11 is 1.69. The molecule has 0 unspecified atom stereocenters. The number of rotatable bonds is 3. The number of hydrogen-bond acceptors (Lipinski definition) is 4. The Morgan fingerprint density at radius 3 is 2.24 bits per heavy atom. The highest BCUT2D eigenvalue weighted by atomic mass is 32.1. The third-order valence-corrected chi connectivity index (χ3v) is 3.73. The van der Waals surface area contributed by atoms with E-state index in [2.05, 4.69) is 33.0 Å². The van der Waals surface area contributed by atoms with E-state index < -0.39 is 0 Å². The standard InChI is InChI=1S/C13H17N3S/c1-8-6-17-7-12(8)13-15-9(2)11(5-14-4)10(3)16-13/h6-7,14H,5H2,1-4H3.